The van der Waals surface area contributed by atoms with Crippen LogP contribution >= 0.6 is 23.2 Å². The van der Waals surface area contributed by atoms with Crippen molar-refractivity contribution in [2.45, 2.75) is 20.3 Å². The molecular weight excluding hydrogens is 301 g/mol. The number of carbonyl (C=O) groups excluding carboxylic acids is 2. The van der Waals surface area contributed by atoms with Gasteiger partial charge in [-0.2, -0.15) is 0 Å². The van der Waals surface area contributed by atoms with E-state index in [9.17, 15) is 9.59 Å². The van der Waals surface area contributed by atoms with Crippen molar-refractivity contribution < 1.29 is 14.3 Å². The van der Waals surface area contributed by atoms with Crippen LogP contribution in [0.3, 0.4) is 0 Å². The van der Waals surface area contributed by atoms with E-state index in [0.29, 0.717) is 16.3 Å². The van der Waals surface area contributed by atoms with Gasteiger partial charge in [0.05, 0.1) is 17.0 Å². The fourth-order valence-electron chi connectivity index (χ4n) is 1.31. The van der Waals surface area contributed by atoms with E-state index >= 15 is 0 Å². The maximum absolute atomic E-state index is 11.4. The Bertz CT molecular complexity index is 554. The minimum absolute atomic E-state index is 0.177. The van der Waals surface area contributed by atoms with Crippen LogP contribution in [0.5, 0.6) is 0 Å². The topological polar surface area (TPSA) is 69.4 Å². The molecule has 0 fully saturated rings. The molecular formula is C14H15Cl2NO3. The number of Topliss-reactive ketones (excluding diaryl/α,β-unsaturated/α-hetero) is 1. The average molecular weight is 316 g/mol. The van der Waals surface area contributed by atoms with E-state index in [4.69, 9.17) is 33.7 Å². The van der Waals surface area contributed by atoms with Crippen LogP contribution < -0.4 is 5.73 Å². The molecule has 6 heteroatoms. The summed E-state index contributed by atoms with van der Waals surface area (Å²) in [6, 6.07) is 3.17. The highest BCUT2D eigenvalue weighted by Crippen LogP contribution is 2.30. The van der Waals surface area contributed by atoms with E-state index in [1.807, 2.05) is 0 Å². The maximum atomic E-state index is 11.4. The van der Waals surface area contributed by atoms with Gasteiger partial charge in [0.15, 0.2) is 0 Å². The van der Waals surface area contributed by atoms with Crippen LogP contribution in [-0.2, 0) is 14.3 Å². The number of ether oxygens (including phenoxy) is 1. The van der Waals surface area contributed by atoms with Crippen LogP contribution in [-0.4, -0.2) is 11.8 Å². The minimum atomic E-state index is -0.629. The third-order valence-corrected chi connectivity index (χ3v) is 3.30. The van der Waals surface area contributed by atoms with E-state index in [1.165, 1.54) is 6.08 Å². The number of nitrogens with two attached hydrogens (primary N) is 1. The highest BCUT2D eigenvalue weighted by atomic mass is 35.5. The zero-order valence-corrected chi connectivity index (χ0v) is 12.7. The van der Waals surface area contributed by atoms with Crippen molar-refractivity contribution >= 4 is 46.7 Å². The molecule has 0 amide bonds. The molecule has 0 aliphatic heterocycles. The number of anilines is 1. The van der Waals surface area contributed by atoms with Gasteiger partial charge in [-0.15, -0.1) is 0 Å². The second kappa shape index (κ2) is 7.31. The number of nitrogen functional groups attached to an aromatic ring is 1. The van der Waals surface area contributed by atoms with Gasteiger partial charge >= 0.3 is 5.97 Å². The first kappa shape index (κ1) is 16.5. The number of hydrogen-bond donors (Lipinski definition) is 1. The van der Waals surface area contributed by atoms with Crippen LogP contribution in [0.1, 0.15) is 25.8 Å². The molecule has 20 heavy (non-hydrogen) atoms. The normalized spacial score (nSPS) is 11.1. The standard InChI is InChI=1S/C14H15Cl2NO3/c1-8(2)12(18)7-13(19)20-6-5-9-10(15)3-4-11(17)14(9)16/h3-6,8H,7,17H2,1-2H3/b6-5+. The Hall–Kier alpha value is -1.52. The molecule has 0 unspecified atom stereocenters. The maximum Gasteiger partial charge on any atom is 0.318 e. The number of ketones is 1. The summed E-state index contributed by atoms with van der Waals surface area (Å²) in [7, 11) is 0. The SMILES string of the molecule is CC(C)C(=O)CC(=O)O/C=C/c1c(Cl)ccc(N)c1Cl. The van der Waals surface area contributed by atoms with E-state index in [0.717, 1.165) is 6.26 Å². The van der Waals surface area contributed by atoms with Crippen molar-refractivity contribution in [3.05, 3.63) is 34.0 Å². The summed E-state index contributed by atoms with van der Waals surface area (Å²) in [5.41, 5.74) is 6.47. The van der Waals surface area contributed by atoms with Gasteiger partial charge < -0.3 is 10.5 Å². The number of halogens is 2. The smallest absolute Gasteiger partial charge is 0.318 e. The van der Waals surface area contributed by atoms with Gasteiger partial charge in [-0.25, -0.2) is 0 Å². The second-order valence-electron chi connectivity index (χ2n) is 4.45. The molecule has 0 aromatic heterocycles. The van der Waals surface area contributed by atoms with Crippen molar-refractivity contribution in [3.63, 3.8) is 0 Å². The summed E-state index contributed by atoms with van der Waals surface area (Å²) in [5, 5.41) is 0.665. The van der Waals surface area contributed by atoms with Gasteiger partial charge in [0.2, 0.25) is 0 Å². The van der Waals surface area contributed by atoms with Crippen LogP contribution in [0, 0.1) is 5.92 Å². The summed E-state index contributed by atoms with van der Waals surface area (Å²) in [6.45, 7) is 3.44. The molecule has 0 heterocycles. The van der Waals surface area contributed by atoms with Crippen molar-refractivity contribution in [2.24, 2.45) is 5.92 Å². The predicted molar refractivity (Wildman–Crippen MR) is 80.5 cm³/mol. The van der Waals surface area contributed by atoms with Crippen LogP contribution in [0.25, 0.3) is 6.08 Å². The molecule has 1 aromatic carbocycles. The van der Waals surface area contributed by atoms with Crippen molar-refractivity contribution in [1.29, 1.82) is 0 Å². The van der Waals surface area contributed by atoms with Crippen LogP contribution in [0.2, 0.25) is 10.0 Å². The summed E-state index contributed by atoms with van der Waals surface area (Å²) in [4.78, 5) is 22.8. The zero-order chi connectivity index (χ0) is 15.3. The lowest BCUT2D eigenvalue weighted by molar-refractivity contribution is -0.141. The molecule has 0 atom stereocenters. The number of benzene rings is 1. The zero-order valence-electron chi connectivity index (χ0n) is 11.2. The minimum Gasteiger partial charge on any atom is -0.434 e. The lowest BCUT2D eigenvalue weighted by Crippen LogP contribution is -2.13. The van der Waals surface area contributed by atoms with Gasteiger partial charge in [0.1, 0.15) is 12.2 Å². The molecule has 0 saturated carbocycles. The average Bonchev–Trinajstić information content (AvgIpc) is 2.38. The lowest BCUT2D eigenvalue weighted by Gasteiger charge is -2.05. The Kier molecular flexibility index (Phi) is 6.05. The Morgan fingerprint density at radius 3 is 2.60 bits per heavy atom. The summed E-state index contributed by atoms with van der Waals surface area (Å²) in [6.07, 6.45) is 2.31. The number of hydrogen-bond acceptors (Lipinski definition) is 4. The summed E-state index contributed by atoms with van der Waals surface area (Å²) in [5.74, 6) is -1.01. The van der Waals surface area contributed by atoms with Gasteiger partial charge in [-0.3, -0.25) is 9.59 Å². The van der Waals surface area contributed by atoms with E-state index < -0.39 is 5.97 Å². The number of carbonyl (C=O) groups is 2. The lowest BCUT2D eigenvalue weighted by atomic mass is 10.1. The monoisotopic (exact) mass is 315 g/mol. The van der Waals surface area contributed by atoms with E-state index in [2.05, 4.69) is 0 Å². The molecule has 1 aromatic rings. The van der Waals surface area contributed by atoms with Crippen molar-refractivity contribution in [1.82, 2.24) is 0 Å². The fraction of sp³-hybridized carbons (Fsp3) is 0.286. The van der Waals surface area contributed by atoms with Crippen molar-refractivity contribution in [2.75, 3.05) is 5.73 Å². The quantitative estimate of drug-likeness (QED) is 0.389. The van der Waals surface area contributed by atoms with Crippen LogP contribution in [0.15, 0.2) is 18.4 Å². The molecule has 0 aliphatic carbocycles. The first-order valence-electron chi connectivity index (χ1n) is 5.95. The molecule has 0 saturated heterocycles. The van der Waals surface area contributed by atoms with Crippen molar-refractivity contribution in [3.8, 4) is 0 Å². The van der Waals surface area contributed by atoms with E-state index in [1.54, 1.807) is 26.0 Å². The molecule has 0 radical (unpaired) electrons. The van der Waals surface area contributed by atoms with Crippen LogP contribution in [0.4, 0.5) is 5.69 Å². The first-order valence-corrected chi connectivity index (χ1v) is 6.70. The summed E-state index contributed by atoms with van der Waals surface area (Å²) >= 11 is 11.9. The third-order valence-electron chi connectivity index (χ3n) is 2.55. The molecule has 1 rings (SSSR count). The van der Waals surface area contributed by atoms with E-state index in [-0.39, 0.29) is 23.1 Å². The highest BCUT2D eigenvalue weighted by molar-refractivity contribution is 6.38. The molecule has 0 bridgehead atoms. The molecule has 4 nitrogen and oxygen atoms in total. The Balaban J connectivity index is 2.69. The second-order valence-corrected chi connectivity index (χ2v) is 5.24. The van der Waals surface area contributed by atoms with Gasteiger partial charge in [0, 0.05) is 16.5 Å². The Labute approximate surface area is 127 Å². The Morgan fingerprint density at radius 1 is 1.35 bits per heavy atom. The third kappa shape index (κ3) is 4.54. The molecule has 0 aliphatic rings. The van der Waals surface area contributed by atoms with Gasteiger partial charge in [-0.05, 0) is 18.2 Å². The largest absolute Gasteiger partial charge is 0.434 e. The fourth-order valence-corrected chi connectivity index (χ4v) is 1.80. The molecule has 0 spiro atoms. The number of rotatable bonds is 5. The highest BCUT2D eigenvalue weighted by Gasteiger charge is 2.13. The first-order chi connectivity index (χ1) is 9.32. The molecule has 2 N–H and O–H groups in total. The molecule has 108 valence electrons. The van der Waals surface area contributed by atoms with Gasteiger partial charge in [-0.1, -0.05) is 37.0 Å². The number of esters is 1. The predicted octanol–water partition coefficient (Wildman–Crippen LogP) is 3.70. The summed E-state index contributed by atoms with van der Waals surface area (Å²) < 4.78 is 4.82. The van der Waals surface area contributed by atoms with Gasteiger partial charge in [0.25, 0.3) is 0 Å². The Morgan fingerprint density at radius 2 is 2.00 bits per heavy atom.